The van der Waals surface area contributed by atoms with Crippen molar-refractivity contribution in [3.05, 3.63) is 0 Å². The molecule has 0 saturated carbocycles. The Bertz CT molecular complexity index is 305. The Morgan fingerprint density at radius 2 is 1.89 bits per heavy atom. The number of nitrogens with zero attached hydrogens (tertiary/aromatic N) is 1. The third-order valence-corrected chi connectivity index (χ3v) is 4.84. The van der Waals surface area contributed by atoms with Gasteiger partial charge >= 0.3 is 5.97 Å². The van der Waals surface area contributed by atoms with E-state index in [1.807, 2.05) is 0 Å². The van der Waals surface area contributed by atoms with E-state index in [-0.39, 0.29) is 0 Å². The maximum Gasteiger partial charge on any atom is 0.303 e. The second kappa shape index (κ2) is 6.23. The van der Waals surface area contributed by atoms with Crippen molar-refractivity contribution in [2.24, 2.45) is 11.8 Å². The molecule has 1 N–H and O–H groups in total. The summed E-state index contributed by atoms with van der Waals surface area (Å²) in [4.78, 5) is 13.5. The summed E-state index contributed by atoms with van der Waals surface area (Å²) in [6.07, 6.45) is 4.91. The SMILES string of the molecule is COCC(C(C)C)N1C2CCC1CC(CC(=O)O)C2. The van der Waals surface area contributed by atoms with Crippen LogP contribution in [0.15, 0.2) is 0 Å². The van der Waals surface area contributed by atoms with Gasteiger partial charge in [0.1, 0.15) is 0 Å². The Hall–Kier alpha value is -0.610. The number of rotatable bonds is 6. The number of hydrogen-bond acceptors (Lipinski definition) is 3. The molecule has 2 bridgehead atoms. The minimum atomic E-state index is -0.643. The molecule has 19 heavy (non-hydrogen) atoms. The van der Waals surface area contributed by atoms with Crippen LogP contribution in [0.3, 0.4) is 0 Å². The summed E-state index contributed by atoms with van der Waals surface area (Å²) in [5, 5.41) is 8.97. The first-order valence-electron chi connectivity index (χ1n) is 7.51. The van der Waals surface area contributed by atoms with Crippen LogP contribution in [0.2, 0.25) is 0 Å². The average Bonchev–Trinajstić information content (AvgIpc) is 2.56. The first-order valence-corrected chi connectivity index (χ1v) is 7.51. The smallest absolute Gasteiger partial charge is 0.303 e. The summed E-state index contributed by atoms with van der Waals surface area (Å²) in [6, 6.07) is 1.63. The molecule has 0 aromatic carbocycles. The van der Waals surface area contributed by atoms with Gasteiger partial charge in [-0.25, -0.2) is 0 Å². The van der Waals surface area contributed by atoms with Crippen LogP contribution in [0.25, 0.3) is 0 Å². The fourth-order valence-corrected chi connectivity index (χ4v) is 4.07. The third-order valence-electron chi connectivity index (χ3n) is 4.84. The van der Waals surface area contributed by atoms with Crippen molar-refractivity contribution in [2.45, 2.75) is 64.1 Å². The zero-order valence-electron chi connectivity index (χ0n) is 12.3. The molecular formula is C15H27NO3. The van der Waals surface area contributed by atoms with E-state index >= 15 is 0 Å². The standard InChI is InChI=1S/C15H27NO3/c1-10(2)14(9-19-3)16-12-4-5-13(16)7-11(6-12)8-15(17)18/h10-14H,4-9H2,1-3H3,(H,17,18). The normalized spacial score (nSPS) is 32.7. The zero-order chi connectivity index (χ0) is 14.0. The lowest BCUT2D eigenvalue weighted by molar-refractivity contribution is -0.138. The molecule has 2 saturated heterocycles. The highest BCUT2D eigenvalue weighted by atomic mass is 16.5. The van der Waals surface area contributed by atoms with Gasteiger partial charge in [0.2, 0.25) is 0 Å². The van der Waals surface area contributed by atoms with Crippen LogP contribution in [0.5, 0.6) is 0 Å². The lowest BCUT2D eigenvalue weighted by Crippen LogP contribution is -2.52. The van der Waals surface area contributed by atoms with Gasteiger partial charge in [0.25, 0.3) is 0 Å². The fraction of sp³-hybridized carbons (Fsp3) is 0.933. The van der Waals surface area contributed by atoms with E-state index < -0.39 is 5.97 Å². The number of carbonyl (C=O) groups is 1. The summed E-state index contributed by atoms with van der Waals surface area (Å²) in [5.41, 5.74) is 0. The molecule has 0 aromatic rings. The van der Waals surface area contributed by atoms with E-state index in [9.17, 15) is 4.79 Å². The molecule has 0 spiro atoms. The van der Waals surface area contributed by atoms with E-state index in [0.29, 0.717) is 36.4 Å². The van der Waals surface area contributed by atoms with Crippen LogP contribution < -0.4 is 0 Å². The van der Waals surface area contributed by atoms with E-state index in [2.05, 4.69) is 18.7 Å². The molecule has 2 aliphatic rings. The maximum atomic E-state index is 10.9. The Labute approximate surface area is 116 Å². The second-order valence-corrected chi connectivity index (χ2v) is 6.53. The number of methoxy groups -OCH3 is 1. The highest BCUT2D eigenvalue weighted by Gasteiger charge is 2.44. The van der Waals surface area contributed by atoms with Crippen molar-refractivity contribution < 1.29 is 14.6 Å². The van der Waals surface area contributed by atoms with Crippen molar-refractivity contribution in [1.29, 1.82) is 0 Å². The number of piperidine rings is 1. The molecule has 0 aliphatic carbocycles. The highest BCUT2D eigenvalue weighted by Crippen LogP contribution is 2.42. The summed E-state index contributed by atoms with van der Waals surface area (Å²) in [7, 11) is 1.77. The first-order chi connectivity index (χ1) is 9.02. The Morgan fingerprint density at radius 1 is 1.32 bits per heavy atom. The molecule has 4 nitrogen and oxygen atoms in total. The Morgan fingerprint density at radius 3 is 2.32 bits per heavy atom. The van der Waals surface area contributed by atoms with Crippen molar-refractivity contribution >= 4 is 5.97 Å². The van der Waals surface area contributed by atoms with Gasteiger partial charge < -0.3 is 9.84 Å². The van der Waals surface area contributed by atoms with E-state index in [1.165, 1.54) is 12.8 Å². The lowest BCUT2D eigenvalue weighted by Gasteiger charge is -2.44. The fourth-order valence-electron chi connectivity index (χ4n) is 4.07. The van der Waals surface area contributed by atoms with Crippen LogP contribution in [0, 0.1) is 11.8 Å². The summed E-state index contributed by atoms with van der Waals surface area (Å²) >= 11 is 0. The third kappa shape index (κ3) is 3.29. The van der Waals surface area contributed by atoms with Crippen molar-refractivity contribution in [2.75, 3.05) is 13.7 Å². The Balaban J connectivity index is 2.03. The molecule has 2 aliphatic heterocycles. The molecule has 2 rings (SSSR count). The van der Waals surface area contributed by atoms with Gasteiger partial charge in [-0.1, -0.05) is 13.8 Å². The van der Waals surface area contributed by atoms with Crippen LogP contribution in [0.4, 0.5) is 0 Å². The number of aliphatic carboxylic acids is 1. The molecule has 0 radical (unpaired) electrons. The highest BCUT2D eigenvalue weighted by molar-refractivity contribution is 5.67. The number of carboxylic acids is 1. The molecule has 2 fully saturated rings. The predicted octanol–water partition coefficient (Wildman–Crippen LogP) is 2.38. The minimum absolute atomic E-state index is 0.345. The van der Waals surface area contributed by atoms with E-state index in [4.69, 9.17) is 9.84 Å². The molecule has 110 valence electrons. The minimum Gasteiger partial charge on any atom is -0.481 e. The van der Waals surface area contributed by atoms with Crippen molar-refractivity contribution in [3.8, 4) is 0 Å². The van der Waals surface area contributed by atoms with Crippen LogP contribution in [-0.2, 0) is 9.53 Å². The molecule has 0 amide bonds. The van der Waals surface area contributed by atoms with E-state index in [0.717, 1.165) is 19.4 Å². The van der Waals surface area contributed by atoms with Gasteiger partial charge in [-0.2, -0.15) is 0 Å². The summed E-state index contributed by atoms with van der Waals surface area (Å²) < 4.78 is 5.40. The van der Waals surface area contributed by atoms with Crippen LogP contribution in [0.1, 0.15) is 46.0 Å². The van der Waals surface area contributed by atoms with Crippen molar-refractivity contribution in [3.63, 3.8) is 0 Å². The van der Waals surface area contributed by atoms with Gasteiger partial charge in [0, 0.05) is 31.7 Å². The molecular weight excluding hydrogens is 242 g/mol. The second-order valence-electron chi connectivity index (χ2n) is 6.53. The molecule has 3 unspecified atom stereocenters. The largest absolute Gasteiger partial charge is 0.481 e. The maximum absolute atomic E-state index is 10.9. The topological polar surface area (TPSA) is 49.8 Å². The number of hydrogen-bond donors (Lipinski definition) is 1. The summed E-state index contributed by atoms with van der Waals surface area (Å²) in [5.74, 6) is 0.316. The molecule has 3 atom stereocenters. The predicted molar refractivity (Wildman–Crippen MR) is 74.1 cm³/mol. The molecule has 4 heteroatoms. The van der Waals surface area contributed by atoms with Crippen LogP contribution >= 0.6 is 0 Å². The van der Waals surface area contributed by atoms with Gasteiger partial charge in [-0.3, -0.25) is 9.69 Å². The lowest BCUT2D eigenvalue weighted by atomic mass is 9.86. The summed E-state index contributed by atoms with van der Waals surface area (Å²) in [6.45, 7) is 5.30. The van der Waals surface area contributed by atoms with Gasteiger partial charge in [0.15, 0.2) is 0 Å². The molecule has 0 aromatic heterocycles. The number of carboxylic acid groups (broad SMARTS) is 1. The van der Waals surface area contributed by atoms with Gasteiger partial charge in [-0.15, -0.1) is 0 Å². The van der Waals surface area contributed by atoms with Crippen LogP contribution in [-0.4, -0.2) is 47.8 Å². The molecule has 2 heterocycles. The van der Waals surface area contributed by atoms with E-state index in [1.54, 1.807) is 7.11 Å². The quantitative estimate of drug-likeness (QED) is 0.804. The monoisotopic (exact) mass is 269 g/mol. The van der Waals surface area contributed by atoms with Gasteiger partial charge in [0.05, 0.1) is 6.61 Å². The van der Waals surface area contributed by atoms with Gasteiger partial charge in [-0.05, 0) is 37.5 Å². The first kappa shape index (κ1) is 14.8. The average molecular weight is 269 g/mol. The zero-order valence-corrected chi connectivity index (χ0v) is 12.3. The number of ether oxygens (including phenoxy) is 1. The number of fused-ring (bicyclic) bond motifs is 2. The Kier molecular flexibility index (Phi) is 4.85. The van der Waals surface area contributed by atoms with Crippen molar-refractivity contribution in [1.82, 2.24) is 4.90 Å².